The number of ether oxygens (including phenoxy) is 1. The molecule has 0 spiro atoms. The number of hydrogen-bond donors (Lipinski definition) is 4. The molecule has 0 amide bonds. The number of nitriles is 2. The molecule has 0 bridgehead atoms. The van der Waals surface area contributed by atoms with E-state index >= 15 is 0 Å². The van der Waals surface area contributed by atoms with Crippen LogP contribution in [-0.4, -0.2) is 17.6 Å². The van der Waals surface area contributed by atoms with E-state index in [2.05, 4.69) is 66.1 Å². The number of nitrogens with one attached hydrogen (secondary N) is 2. The van der Waals surface area contributed by atoms with Crippen molar-refractivity contribution in [2.45, 2.75) is 25.8 Å². The summed E-state index contributed by atoms with van der Waals surface area (Å²) in [5.74, 6) is 1.19. The summed E-state index contributed by atoms with van der Waals surface area (Å²) in [6.45, 7) is 2.63. The van der Waals surface area contributed by atoms with Gasteiger partial charge in [0.2, 0.25) is 5.96 Å². The average Bonchev–Trinajstić information content (AvgIpc) is 2.69. The molecule has 30 heavy (non-hydrogen) atoms. The van der Waals surface area contributed by atoms with Crippen molar-refractivity contribution in [1.29, 1.82) is 10.5 Å². The molecule has 9 nitrogen and oxygen atoms in total. The van der Waals surface area contributed by atoms with Crippen LogP contribution in [0.3, 0.4) is 0 Å². The second-order valence-corrected chi connectivity index (χ2v) is 8.49. The fourth-order valence-electron chi connectivity index (χ4n) is 3.06. The average molecular weight is 581 g/mol. The molecule has 1 aromatic carbocycles. The summed E-state index contributed by atoms with van der Waals surface area (Å²) in [6, 6.07) is 5.16. The zero-order valence-corrected chi connectivity index (χ0v) is 19.7. The van der Waals surface area contributed by atoms with Crippen LogP contribution in [0.2, 0.25) is 0 Å². The number of nitrogen functional groups attached to an aromatic ring is 2. The zero-order chi connectivity index (χ0) is 21.8. The number of halogens is 2. The molecular formula is C19H18BrIN8O. The first-order chi connectivity index (χ1) is 14.4. The third kappa shape index (κ3) is 4.22. The van der Waals surface area contributed by atoms with Crippen LogP contribution in [0.25, 0.3) is 0 Å². The van der Waals surface area contributed by atoms with Crippen LogP contribution in [-0.2, 0) is 0 Å². The number of aromatic nitrogens is 1. The second-order valence-electron chi connectivity index (χ2n) is 6.41. The predicted octanol–water partition coefficient (Wildman–Crippen LogP) is 3.61. The maximum Gasteiger partial charge on any atom is 0.211 e. The predicted molar refractivity (Wildman–Crippen MR) is 127 cm³/mol. The molecule has 0 aliphatic carbocycles. The Morgan fingerprint density at radius 1 is 1.37 bits per heavy atom. The van der Waals surface area contributed by atoms with E-state index in [0.29, 0.717) is 23.7 Å². The maximum absolute atomic E-state index is 9.48. The van der Waals surface area contributed by atoms with Crippen LogP contribution in [0.5, 0.6) is 5.75 Å². The van der Waals surface area contributed by atoms with E-state index in [-0.39, 0.29) is 23.0 Å². The number of nitrogens with two attached hydrogens (primary N) is 2. The van der Waals surface area contributed by atoms with Gasteiger partial charge in [0.05, 0.1) is 15.9 Å². The summed E-state index contributed by atoms with van der Waals surface area (Å²) in [5.41, 5.74) is 13.7. The van der Waals surface area contributed by atoms with Crippen LogP contribution in [0, 0.1) is 26.4 Å². The first kappa shape index (κ1) is 21.9. The number of aliphatic imine (C=N–C) groups is 1. The zero-order valence-electron chi connectivity index (χ0n) is 16.0. The molecule has 2 aromatic rings. The fourth-order valence-corrected chi connectivity index (χ4v) is 4.77. The first-order valence-electron chi connectivity index (χ1n) is 9.01. The Labute approximate surface area is 195 Å². The number of benzene rings is 1. The molecule has 0 saturated carbocycles. The van der Waals surface area contributed by atoms with E-state index in [1.165, 1.54) is 0 Å². The van der Waals surface area contributed by atoms with Gasteiger partial charge in [-0.2, -0.15) is 10.5 Å². The van der Waals surface area contributed by atoms with Crippen molar-refractivity contribution in [1.82, 2.24) is 10.3 Å². The summed E-state index contributed by atoms with van der Waals surface area (Å²) >= 11 is 5.73. The van der Waals surface area contributed by atoms with Gasteiger partial charge in [-0.25, -0.2) is 9.98 Å². The maximum atomic E-state index is 9.48. The lowest BCUT2D eigenvalue weighted by molar-refractivity contribution is 0.303. The Bertz CT molecular complexity index is 1110. The Morgan fingerprint density at radius 3 is 2.80 bits per heavy atom. The molecule has 3 rings (SSSR count). The molecule has 0 radical (unpaired) electrons. The Morgan fingerprint density at radius 2 is 2.13 bits per heavy atom. The quantitative estimate of drug-likeness (QED) is 0.181. The van der Waals surface area contributed by atoms with E-state index in [9.17, 15) is 5.26 Å². The Hall–Kier alpha value is -2.77. The van der Waals surface area contributed by atoms with Crippen molar-refractivity contribution < 1.29 is 4.74 Å². The summed E-state index contributed by atoms with van der Waals surface area (Å²) in [4.78, 5) is 8.90. The van der Waals surface area contributed by atoms with E-state index in [4.69, 9.17) is 21.5 Å². The van der Waals surface area contributed by atoms with E-state index in [1.54, 1.807) is 0 Å². The molecule has 11 heteroatoms. The normalized spacial score (nSPS) is 14.6. The van der Waals surface area contributed by atoms with Gasteiger partial charge in [0.15, 0.2) is 6.19 Å². The minimum absolute atomic E-state index is 0.00134. The third-order valence-corrected chi connectivity index (χ3v) is 5.69. The van der Waals surface area contributed by atoms with E-state index < -0.39 is 6.04 Å². The van der Waals surface area contributed by atoms with Gasteiger partial charge in [-0.15, -0.1) is 0 Å². The summed E-state index contributed by atoms with van der Waals surface area (Å²) in [6.07, 6.45) is 3.74. The van der Waals surface area contributed by atoms with Gasteiger partial charge in [0, 0.05) is 15.6 Å². The fraction of sp³-hybridized carbons (Fsp3) is 0.263. The molecule has 154 valence electrons. The molecule has 1 atom stereocenters. The number of rotatable bonds is 5. The number of nitrogens with zero attached hydrogens (tertiary/aromatic N) is 4. The minimum Gasteiger partial charge on any atom is -0.492 e. The highest BCUT2D eigenvalue weighted by Crippen LogP contribution is 2.45. The monoisotopic (exact) mass is 580 g/mol. The Balaban J connectivity index is 2.25. The highest BCUT2D eigenvalue weighted by molar-refractivity contribution is 14.1. The molecule has 1 aliphatic heterocycles. The molecular weight excluding hydrogens is 563 g/mol. The molecule has 0 fully saturated rings. The number of anilines is 3. The topological polar surface area (TPSA) is 158 Å². The van der Waals surface area contributed by atoms with Crippen LogP contribution in [0.15, 0.2) is 21.6 Å². The minimum atomic E-state index is -0.667. The van der Waals surface area contributed by atoms with Crippen molar-refractivity contribution in [2.75, 3.05) is 23.4 Å². The third-order valence-electron chi connectivity index (χ3n) is 4.43. The molecule has 1 unspecified atom stereocenters. The van der Waals surface area contributed by atoms with Gasteiger partial charge in [-0.3, -0.25) is 5.32 Å². The van der Waals surface area contributed by atoms with Crippen LogP contribution >= 0.6 is 38.5 Å². The summed E-state index contributed by atoms with van der Waals surface area (Å²) in [5, 5.41) is 24.0. The van der Waals surface area contributed by atoms with Gasteiger partial charge in [0.25, 0.3) is 0 Å². The van der Waals surface area contributed by atoms with Crippen LogP contribution < -0.4 is 26.8 Å². The number of pyridine rings is 1. The lowest BCUT2D eigenvalue weighted by Crippen LogP contribution is -2.33. The van der Waals surface area contributed by atoms with E-state index in [1.807, 2.05) is 24.4 Å². The molecule has 2 heterocycles. The molecule has 1 aliphatic rings. The number of guanidine groups is 1. The van der Waals surface area contributed by atoms with E-state index in [0.717, 1.165) is 26.4 Å². The smallest absolute Gasteiger partial charge is 0.211 e. The molecule has 1 aromatic heterocycles. The lowest BCUT2D eigenvalue weighted by Gasteiger charge is -2.27. The summed E-state index contributed by atoms with van der Waals surface area (Å²) in [7, 11) is 0. The largest absolute Gasteiger partial charge is 0.492 e. The highest BCUT2D eigenvalue weighted by atomic mass is 127. The molecule has 0 saturated heterocycles. The summed E-state index contributed by atoms with van der Waals surface area (Å²) < 4.78 is 7.81. The number of unbranched alkanes of at least 4 members (excludes halogenated alkanes) is 1. The Kier molecular flexibility index (Phi) is 6.84. The van der Waals surface area contributed by atoms with Crippen molar-refractivity contribution in [3.05, 3.63) is 36.9 Å². The van der Waals surface area contributed by atoms with Gasteiger partial charge >= 0.3 is 0 Å². The van der Waals surface area contributed by atoms with Gasteiger partial charge in [-0.1, -0.05) is 29.3 Å². The van der Waals surface area contributed by atoms with Gasteiger partial charge in [0.1, 0.15) is 35.1 Å². The standard InChI is InChI=1S/C19H18BrIN8O/c1-2-3-4-30-16-10(5-9(20)6-12(16)21)15-13-14(24)11(7-22)17(25)28-18(13)29-19(27-15)26-8-23/h5-6,15H,2-4H2,1H3,(H6,24,25,26,27,28,29). The van der Waals surface area contributed by atoms with Crippen molar-refractivity contribution in [2.24, 2.45) is 4.99 Å². The van der Waals surface area contributed by atoms with Crippen molar-refractivity contribution in [3.8, 4) is 18.0 Å². The van der Waals surface area contributed by atoms with Crippen molar-refractivity contribution >= 4 is 61.8 Å². The number of fused-ring (bicyclic) bond motifs is 1. The highest BCUT2D eigenvalue weighted by Gasteiger charge is 2.32. The van der Waals surface area contributed by atoms with Crippen LogP contribution in [0.4, 0.5) is 17.3 Å². The second kappa shape index (κ2) is 9.36. The molecule has 6 N–H and O–H groups in total. The van der Waals surface area contributed by atoms with Gasteiger partial charge < -0.3 is 21.5 Å². The van der Waals surface area contributed by atoms with Gasteiger partial charge in [-0.05, 0) is 41.1 Å². The van der Waals surface area contributed by atoms with Crippen LogP contribution in [0.1, 0.15) is 42.5 Å². The lowest BCUT2D eigenvalue weighted by atomic mass is 9.94. The SMILES string of the molecule is CCCCOc1c(I)cc(Br)cc1C1N=C(NC#N)Nc2nc(N)c(C#N)c(N)c21. The first-order valence-corrected chi connectivity index (χ1v) is 10.9. The van der Waals surface area contributed by atoms with Crippen molar-refractivity contribution in [3.63, 3.8) is 0 Å². The number of hydrogen-bond acceptors (Lipinski definition) is 9.